The third kappa shape index (κ3) is 72.2. The largest absolute Gasteiger partial charge is 0.472 e. The molecular weight excluding hydrogens is 1270 g/mol. The van der Waals surface area contributed by atoms with Gasteiger partial charge in [0.05, 0.1) is 26.4 Å². The lowest BCUT2D eigenvalue weighted by molar-refractivity contribution is -0.161. The van der Waals surface area contributed by atoms with Gasteiger partial charge in [-0.3, -0.25) is 37.3 Å². The van der Waals surface area contributed by atoms with E-state index < -0.39 is 97.5 Å². The minimum Gasteiger partial charge on any atom is -0.462 e. The van der Waals surface area contributed by atoms with Crippen LogP contribution in [0.3, 0.4) is 0 Å². The summed E-state index contributed by atoms with van der Waals surface area (Å²) in [5, 5.41) is 10.6. The lowest BCUT2D eigenvalue weighted by atomic mass is 10.0. The average Bonchev–Trinajstić information content (AvgIpc) is 0.985. The van der Waals surface area contributed by atoms with Crippen LogP contribution in [0.2, 0.25) is 0 Å². The number of unbranched alkanes of at least 4 members (excludes halogenated alkanes) is 53. The number of phosphoric acid groups is 2. The van der Waals surface area contributed by atoms with E-state index in [0.717, 1.165) is 89.9 Å². The van der Waals surface area contributed by atoms with E-state index in [-0.39, 0.29) is 25.7 Å². The Labute approximate surface area is 594 Å². The predicted octanol–water partition coefficient (Wildman–Crippen LogP) is 23.4. The Hall–Kier alpha value is -1.94. The van der Waals surface area contributed by atoms with Crippen LogP contribution in [0.4, 0.5) is 0 Å². The van der Waals surface area contributed by atoms with Gasteiger partial charge in [-0.2, -0.15) is 0 Å². The van der Waals surface area contributed by atoms with Crippen molar-refractivity contribution in [1.29, 1.82) is 0 Å². The first kappa shape index (κ1) is 95.1. The fraction of sp³-hybridized carbons (Fsp3) is 0.949. The summed E-state index contributed by atoms with van der Waals surface area (Å²) < 4.78 is 68.5. The van der Waals surface area contributed by atoms with Gasteiger partial charge in [0.2, 0.25) is 0 Å². The topological polar surface area (TPSA) is 237 Å². The van der Waals surface area contributed by atoms with Crippen LogP contribution in [0.1, 0.15) is 419 Å². The summed E-state index contributed by atoms with van der Waals surface area (Å²) in [5.41, 5.74) is 0. The third-order valence-electron chi connectivity index (χ3n) is 18.4. The molecule has 0 spiro atoms. The summed E-state index contributed by atoms with van der Waals surface area (Å²) in [6.07, 6.45) is 63.9. The minimum absolute atomic E-state index is 0.108. The van der Waals surface area contributed by atoms with Gasteiger partial charge in [0.15, 0.2) is 12.2 Å². The number of carbonyl (C=O) groups is 4. The van der Waals surface area contributed by atoms with Crippen molar-refractivity contribution >= 4 is 39.5 Å². The molecule has 0 saturated heterocycles. The Bertz CT molecular complexity index is 1840. The molecule has 97 heavy (non-hydrogen) atoms. The van der Waals surface area contributed by atoms with E-state index >= 15 is 0 Å². The molecule has 5 atom stereocenters. The smallest absolute Gasteiger partial charge is 0.462 e. The highest BCUT2D eigenvalue weighted by molar-refractivity contribution is 7.47. The van der Waals surface area contributed by atoms with E-state index in [1.165, 1.54) is 250 Å². The van der Waals surface area contributed by atoms with Crippen LogP contribution in [-0.4, -0.2) is 96.7 Å². The van der Waals surface area contributed by atoms with Crippen molar-refractivity contribution in [3.8, 4) is 0 Å². The van der Waals surface area contributed by atoms with Gasteiger partial charge in [0, 0.05) is 25.7 Å². The molecule has 0 heterocycles. The number of rotatable bonds is 79. The van der Waals surface area contributed by atoms with E-state index in [0.29, 0.717) is 25.7 Å². The van der Waals surface area contributed by atoms with Crippen molar-refractivity contribution in [2.45, 2.75) is 438 Å². The molecule has 0 aliphatic rings. The van der Waals surface area contributed by atoms with Gasteiger partial charge in [-0.25, -0.2) is 9.13 Å². The van der Waals surface area contributed by atoms with Crippen LogP contribution in [0.25, 0.3) is 0 Å². The summed E-state index contributed by atoms with van der Waals surface area (Å²) in [5.74, 6) is -2.11. The van der Waals surface area contributed by atoms with E-state index in [1.54, 1.807) is 0 Å². The highest BCUT2D eigenvalue weighted by Crippen LogP contribution is 2.45. The van der Waals surface area contributed by atoms with Crippen LogP contribution in [0, 0.1) is 0 Å². The Morgan fingerprint density at radius 3 is 0.608 bits per heavy atom. The molecule has 0 rings (SSSR count). The quantitative estimate of drug-likeness (QED) is 0.0222. The number of carbonyl (C=O) groups excluding carboxylic acids is 4. The predicted molar refractivity (Wildman–Crippen MR) is 395 cm³/mol. The molecule has 2 unspecified atom stereocenters. The maximum Gasteiger partial charge on any atom is 0.472 e. The lowest BCUT2D eigenvalue weighted by Gasteiger charge is -2.21. The summed E-state index contributed by atoms with van der Waals surface area (Å²) in [4.78, 5) is 72.8. The second-order valence-electron chi connectivity index (χ2n) is 28.1. The Balaban J connectivity index is 5.18. The third-order valence-corrected chi connectivity index (χ3v) is 20.3. The molecular formula is C78H152O17P2. The zero-order chi connectivity index (χ0) is 71.1. The first-order valence-electron chi connectivity index (χ1n) is 40.8. The molecule has 0 aliphatic carbocycles. The number of aliphatic hydroxyl groups is 1. The van der Waals surface area contributed by atoms with Gasteiger partial charge in [-0.1, -0.05) is 368 Å². The molecule has 0 aliphatic heterocycles. The molecule has 19 heteroatoms. The SMILES string of the molecule is CCCCCCCCCCCCCCCCCCCCCCCC(=O)O[C@H](COC(=O)CCCCCCCCCCCCCCCC)COP(=O)(O)OC[C@@H](O)COP(=O)(O)OC[C@@H](COC(=O)CCCCCCCCCC)OC(=O)CCCCCCCCCCCCCCCC. The van der Waals surface area contributed by atoms with Crippen LogP contribution in [-0.2, 0) is 65.4 Å². The highest BCUT2D eigenvalue weighted by atomic mass is 31.2. The molecule has 0 fully saturated rings. The van der Waals surface area contributed by atoms with Crippen molar-refractivity contribution in [2.75, 3.05) is 39.6 Å². The van der Waals surface area contributed by atoms with Gasteiger partial charge < -0.3 is 33.8 Å². The standard InChI is InChI=1S/C78H152O17P2/c1-5-9-13-17-21-25-28-31-34-35-36-37-38-39-40-43-46-49-53-57-61-65-78(83)95-74(69-89-76(81)63-59-55-51-47-44-41-32-29-26-22-18-14-10-6-2)71-93-97(86,87)91-67-72(79)66-90-96(84,85)92-70-73(68-88-75(80)62-58-54-50-24-20-16-12-8-4)94-77(82)64-60-56-52-48-45-42-33-30-27-23-19-15-11-7-3/h72-74,79H,5-71H2,1-4H3,(H,84,85)(H,86,87)/t72-,73+,74+/m0/s1. The van der Waals surface area contributed by atoms with Crippen molar-refractivity contribution in [3.05, 3.63) is 0 Å². The Kier molecular flexibility index (Phi) is 71.0. The first-order chi connectivity index (χ1) is 47.2. The van der Waals surface area contributed by atoms with E-state index in [9.17, 15) is 43.2 Å². The summed E-state index contributed by atoms with van der Waals surface area (Å²) in [7, 11) is -9.91. The number of esters is 4. The zero-order valence-electron chi connectivity index (χ0n) is 63.1. The van der Waals surface area contributed by atoms with Gasteiger partial charge in [0.25, 0.3) is 0 Å². The average molecular weight is 1420 g/mol. The second-order valence-corrected chi connectivity index (χ2v) is 31.0. The molecule has 17 nitrogen and oxygen atoms in total. The molecule has 0 radical (unpaired) electrons. The molecule has 0 aromatic rings. The second kappa shape index (κ2) is 72.4. The summed E-state index contributed by atoms with van der Waals surface area (Å²) >= 11 is 0. The Morgan fingerprint density at radius 1 is 0.247 bits per heavy atom. The highest BCUT2D eigenvalue weighted by Gasteiger charge is 2.30. The van der Waals surface area contributed by atoms with Crippen molar-refractivity contribution in [1.82, 2.24) is 0 Å². The van der Waals surface area contributed by atoms with E-state index in [1.807, 2.05) is 0 Å². The molecule has 0 saturated carbocycles. The normalized spacial score (nSPS) is 13.8. The van der Waals surface area contributed by atoms with Crippen molar-refractivity contribution in [3.63, 3.8) is 0 Å². The number of ether oxygens (including phenoxy) is 4. The Morgan fingerprint density at radius 2 is 0.412 bits per heavy atom. The van der Waals surface area contributed by atoms with E-state index in [4.69, 9.17) is 37.0 Å². The van der Waals surface area contributed by atoms with Crippen LogP contribution < -0.4 is 0 Å². The molecule has 0 amide bonds. The van der Waals surface area contributed by atoms with Gasteiger partial charge >= 0.3 is 39.5 Å². The van der Waals surface area contributed by atoms with Crippen LogP contribution in [0.5, 0.6) is 0 Å². The zero-order valence-corrected chi connectivity index (χ0v) is 64.8. The summed E-state index contributed by atoms with van der Waals surface area (Å²) in [6.45, 7) is 4.98. The number of phosphoric ester groups is 2. The number of hydrogen-bond donors (Lipinski definition) is 3. The molecule has 0 aromatic carbocycles. The van der Waals surface area contributed by atoms with Gasteiger partial charge in [-0.05, 0) is 25.7 Å². The van der Waals surface area contributed by atoms with Crippen LogP contribution in [0.15, 0.2) is 0 Å². The first-order valence-corrected chi connectivity index (χ1v) is 43.8. The summed E-state index contributed by atoms with van der Waals surface area (Å²) in [6, 6.07) is 0. The van der Waals surface area contributed by atoms with E-state index in [2.05, 4.69) is 27.7 Å². The maximum atomic E-state index is 13.1. The van der Waals surface area contributed by atoms with Crippen LogP contribution >= 0.6 is 15.6 Å². The molecule has 576 valence electrons. The molecule has 0 bridgehead atoms. The van der Waals surface area contributed by atoms with Gasteiger partial charge in [0.1, 0.15) is 19.3 Å². The number of hydrogen-bond acceptors (Lipinski definition) is 15. The van der Waals surface area contributed by atoms with Gasteiger partial charge in [-0.15, -0.1) is 0 Å². The maximum absolute atomic E-state index is 13.1. The molecule has 3 N–H and O–H groups in total. The fourth-order valence-electron chi connectivity index (χ4n) is 12.1. The molecule has 0 aromatic heterocycles. The van der Waals surface area contributed by atoms with Crippen molar-refractivity contribution < 1.29 is 80.2 Å². The lowest BCUT2D eigenvalue weighted by Crippen LogP contribution is -2.30. The number of aliphatic hydroxyl groups excluding tert-OH is 1. The monoisotopic (exact) mass is 1420 g/mol. The minimum atomic E-state index is -4.96. The van der Waals surface area contributed by atoms with Crippen molar-refractivity contribution in [2.24, 2.45) is 0 Å². The fourth-order valence-corrected chi connectivity index (χ4v) is 13.7.